The van der Waals surface area contributed by atoms with Gasteiger partial charge in [0.25, 0.3) is 0 Å². The molecular formula is C31H39F2N3O2. The van der Waals surface area contributed by atoms with Crippen LogP contribution in [-0.2, 0) is 11.2 Å². The summed E-state index contributed by atoms with van der Waals surface area (Å²) in [5.41, 5.74) is 1.99. The molecule has 7 heteroatoms. The average Bonchev–Trinajstić information content (AvgIpc) is 3.27. The van der Waals surface area contributed by atoms with Gasteiger partial charge in [-0.15, -0.1) is 0 Å². The smallest absolute Gasteiger partial charge is 0.321 e. The number of carbonyl (C=O) groups is 1. The highest BCUT2D eigenvalue weighted by Crippen LogP contribution is 2.36. The Balaban J connectivity index is 1.32. The van der Waals surface area contributed by atoms with Gasteiger partial charge in [0.2, 0.25) is 0 Å². The largest absolute Gasteiger partial charge is 0.480 e. The van der Waals surface area contributed by atoms with E-state index in [1.807, 2.05) is 32.0 Å². The maximum Gasteiger partial charge on any atom is 0.321 e. The first-order valence-electron chi connectivity index (χ1n) is 13.9. The molecule has 0 saturated carbocycles. The van der Waals surface area contributed by atoms with Crippen molar-refractivity contribution in [2.75, 3.05) is 32.7 Å². The standard InChI is InChI=1S/C31H39F2N3O2/c1-21(2)30(31(37)38)36-19-26(28(20-36)24-7-4-8-27(32)16-24)18-35-13-11-22(12-14-35)5-3-6-23-9-10-25(17-34)29(33)15-23/h4,7-10,15-16,21-22,26,28,30H,3,5-6,11-14,18-20H2,1-2H3,(H,37,38)/t26-,28+,30+/m0/s1. The third-order valence-electron chi connectivity index (χ3n) is 8.46. The predicted molar refractivity (Wildman–Crippen MR) is 144 cm³/mol. The van der Waals surface area contributed by atoms with Crippen LogP contribution in [0.1, 0.15) is 62.1 Å². The quantitative estimate of drug-likeness (QED) is 0.433. The Morgan fingerprint density at radius 1 is 1.13 bits per heavy atom. The molecule has 0 spiro atoms. The van der Waals surface area contributed by atoms with Gasteiger partial charge >= 0.3 is 5.97 Å². The molecule has 0 bridgehead atoms. The molecule has 0 aliphatic carbocycles. The van der Waals surface area contributed by atoms with E-state index < -0.39 is 17.8 Å². The number of aliphatic carboxylic acids is 1. The Kier molecular flexibility index (Phi) is 9.51. The van der Waals surface area contributed by atoms with Crippen molar-refractivity contribution in [2.24, 2.45) is 17.8 Å². The minimum atomic E-state index is -0.789. The second-order valence-corrected chi connectivity index (χ2v) is 11.5. The summed E-state index contributed by atoms with van der Waals surface area (Å²) in [6, 6.07) is 13.0. The molecule has 2 fully saturated rings. The number of piperidine rings is 1. The number of hydrogen-bond donors (Lipinski definition) is 1. The topological polar surface area (TPSA) is 67.6 Å². The zero-order valence-corrected chi connectivity index (χ0v) is 22.5. The van der Waals surface area contributed by atoms with Crippen molar-refractivity contribution in [2.45, 2.75) is 57.9 Å². The maximum absolute atomic E-state index is 14.1. The summed E-state index contributed by atoms with van der Waals surface area (Å²) in [7, 11) is 0. The summed E-state index contributed by atoms with van der Waals surface area (Å²) in [6.45, 7) is 8.15. The van der Waals surface area contributed by atoms with Crippen LogP contribution in [0.4, 0.5) is 8.78 Å². The normalized spacial score (nSPS) is 22.0. The number of halogens is 2. The molecule has 2 aliphatic rings. The van der Waals surface area contributed by atoms with Gasteiger partial charge in [0.15, 0.2) is 0 Å². The third kappa shape index (κ3) is 6.98. The van der Waals surface area contributed by atoms with Crippen molar-refractivity contribution in [3.05, 3.63) is 70.8 Å². The van der Waals surface area contributed by atoms with Gasteiger partial charge in [0.1, 0.15) is 23.7 Å². The van der Waals surface area contributed by atoms with Crippen LogP contribution in [0.5, 0.6) is 0 Å². The summed E-state index contributed by atoms with van der Waals surface area (Å²) in [6.07, 6.45) is 5.16. The van der Waals surface area contributed by atoms with Crippen LogP contribution in [0.25, 0.3) is 0 Å². The first-order valence-corrected chi connectivity index (χ1v) is 13.9. The van der Waals surface area contributed by atoms with Crippen LogP contribution in [0, 0.1) is 40.7 Å². The molecule has 4 rings (SSSR count). The van der Waals surface area contributed by atoms with Crippen molar-refractivity contribution in [1.29, 1.82) is 5.26 Å². The van der Waals surface area contributed by atoms with Gasteiger partial charge in [-0.25, -0.2) is 8.78 Å². The van der Waals surface area contributed by atoms with E-state index in [1.165, 1.54) is 12.1 Å². The molecule has 0 unspecified atom stereocenters. The SMILES string of the molecule is CC(C)[C@H](C(=O)O)N1C[C@H](CN2CCC(CCCc3ccc(C#N)c(F)c3)CC2)[C@@H](c2cccc(F)c2)C1. The third-order valence-corrected chi connectivity index (χ3v) is 8.46. The van der Waals surface area contributed by atoms with Gasteiger partial charge in [-0.1, -0.05) is 38.5 Å². The molecular weight excluding hydrogens is 484 g/mol. The number of hydrogen-bond acceptors (Lipinski definition) is 4. The number of nitriles is 1. The molecule has 2 aromatic rings. The van der Waals surface area contributed by atoms with Crippen molar-refractivity contribution < 1.29 is 18.7 Å². The summed E-state index contributed by atoms with van der Waals surface area (Å²) in [5, 5.41) is 18.8. The van der Waals surface area contributed by atoms with Gasteiger partial charge in [0, 0.05) is 25.6 Å². The minimum Gasteiger partial charge on any atom is -0.480 e. The van der Waals surface area contributed by atoms with Gasteiger partial charge in [-0.05, 0) is 91.9 Å². The van der Waals surface area contributed by atoms with E-state index in [2.05, 4.69) is 9.80 Å². The molecule has 2 saturated heterocycles. The highest BCUT2D eigenvalue weighted by Gasteiger charge is 2.41. The Morgan fingerprint density at radius 2 is 1.89 bits per heavy atom. The number of rotatable bonds is 10. The van der Waals surface area contributed by atoms with Crippen LogP contribution in [0.3, 0.4) is 0 Å². The van der Waals surface area contributed by atoms with E-state index in [-0.39, 0.29) is 29.1 Å². The zero-order chi connectivity index (χ0) is 27.2. The highest BCUT2D eigenvalue weighted by atomic mass is 19.1. The van der Waals surface area contributed by atoms with E-state index in [9.17, 15) is 18.7 Å². The number of benzene rings is 2. The molecule has 2 aliphatic heterocycles. The molecule has 38 heavy (non-hydrogen) atoms. The second kappa shape index (κ2) is 12.8. The zero-order valence-electron chi connectivity index (χ0n) is 22.5. The molecule has 1 N–H and O–H groups in total. The van der Waals surface area contributed by atoms with Gasteiger partial charge in [-0.3, -0.25) is 9.69 Å². The Labute approximate surface area is 225 Å². The maximum atomic E-state index is 14.1. The van der Waals surface area contributed by atoms with Crippen molar-refractivity contribution in [3.8, 4) is 6.07 Å². The summed E-state index contributed by atoms with van der Waals surface area (Å²) >= 11 is 0. The molecule has 0 amide bonds. The van der Waals surface area contributed by atoms with Crippen LogP contribution < -0.4 is 0 Å². The van der Waals surface area contributed by atoms with Crippen molar-refractivity contribution in [3.63, 3.8) is 0 Å². The lowest BCUT2D eigenvalue weighted by atomic mass is 9.86. The number of carboxylic acid groups (broad SMARTS) is 1. The van der Waals surface area contributed by atoms with E-state index in [0.29, 0.717) is 19.0 Å². The fraction of sp³-hybridized carbons (Fsp3) is 0.548. The van der Waals surface area contributed by atoms with Crippen LogP contribution in [0.15, 0.2) is 42.5 Å². The van der Waals surface area contributed by atoms with E-state index in [0.717, 1.165) is 62.9 Å². The number of aryl methyl sites for hydroxylation is 1. The molecule has 3 atom stereocenters. The lowest BCUT2D eigenvalue weighted by molar-refractivity contribution is -0.144. The summed E-state index contributed by atoms with van der Waals surface area (Å²) in [4.78, 5) is 16.6. The number of nitrogens with zero attached hydrogens (tertiary/aromatic N) is 3. The second-order valence-electron chi connectivity index (χ2n) is 11.5. The molecule has 2 aromatic carbocycles. The molecule has 204 valence electrons. The number of carboxylic acids is 1. The molecule has 5 nitrogen and oxygen atoms in total. The Morgan fingerprint density at radius 3 is 2.53 bits per heavy atom. The lowest BCUT2D eigenvalue weighted by Crippen LogP contribution is -2.44. The first kappa shape index (κ1) is 28.2. The van der Waals surface area contributed by atoms with Gasteiger partial charge in [-0.2, -0.15) is 5.26 Å². The van der Waals surface area contributed by atoms with Crippen molar-refractivity contribution >= 4 is 5.97 Å². The lowest BCUT2D eigenvalue weighted by Gasteiger charge is -2.35. The van der Waals surface area contributed by atoms with Crippen LogP contribution in [0.2, 0.25) is 0 Å². The van der Waals surface area contributed by atoms with Gasteiger partial charge in [0.05, 0.1) is 5.56 Å². The Hall–Kier alpha value is -2.82. The fourth-order valence-corrected chi connectivity index (χ4v) is 6.48. The van der Waals surface area contributed by atoms with Crippen LogP contribution in [-0.4, -0.2) is 59.6 Å². The molecule has 2 heterocycles. The average molecular weight is 524 g/mol. The van der Waals surface area contributed by atoms with Gasteiger partial charge < -0.3 is 10.0 Å². The highest BCUT2D eigenvalue weighted by molar-refractivity contribution is 5.73. The summed E-state index contributed by atoms with van der Waals surface area (Å²) in [5.74, 6) is -0.478. The first-order chi connectivity index (χ1) is 18.2. The Bertz CT molecular complexity index is 1140. The monoisotopic (exact) mass is 523 g/mol. The van der Waals surface area contributed by atoms with E-state index >= 15 is 0 Å². The van der Waals surface area contributed by atoms with Crippen LogP contribution >= 0.6 is 0 Å². The van der Waals surface area contributed by atoms with E-state index in [1.54, 1.807) is 18.2 Å². The minimum absolute atomic E-state index is 0.00377. The van der Waals surface area contributed by atoms with E-state index in [4.69, 9.17) is 5.26 Å². The molecule has 0 radical (unpaired) electrons. The van der Waals surface area contributed by atoms with Crippen molar-refractivity contribution in [1.82, 2.24) is 9.80 Å². The summed E-state index contributed by atoms with van der Waals surface area (Å²) < 4.78 is 27.9. The molecule has 0 aromatic heterocycles. The number of likely N-dealkylation sites (tertiary alicyclic amines) is 2. The predicted octanol–water partition coefficient (Wildman–Crippen LogP) is 5.70. The fourth-order valence-electron chi connectivity index (χ4n) is 6.48.